The Morgan fingerprint density at radius 1 is 1.32 bits per heavy atom. The van der Waals surface area contributed by atoms with Gasteiger partial charge in [-0.05, 0) is 32.3 Å². The number of rotatable bonds is 10. The van der Waals surface area contributed by atoms with Crippen LogP contribution in [0.5, 0.6) is 0 Å². The molecule has 0 spiro atoms. The summed E-state index contributed by atoms with van der Waals surface area (Å²) in [5.41, 5.74) is 0.594. The van der Waals surface area contributed by atoms with Crippen LogP contribution in [0.3, 0.4) is 0 Å². The predicted molar refractivity (Wildman–Crippen MR) is 102 cm³/mol. The Hall–Kier alpha value is -1.05. The molecule has 6 nitrogen and oxygen atoms in total. The summed E-state index contributed by atoms with van der Waals surface area (Å²) in [4.78, 5) is 23.9. The SMILES string of the molecule is CCOC(=O)C1=C[C@@H](OC(CC)CC)[C@H](NC(C)=O)[C@@H](NCCS)C1. The molecule has 0 radical (unpaired) electrons. The molecule has 0 saturated heterocycles. The van der Waals surface area contributed by atoms with Crippen molar-refractivity contribution >= 4 is 24.5 Å². The number of amides is 1. The summed E-state index contributed by atoms with van der Waals surface area (Å²) in [5, 5.41) is 6.36. The van der Waals surface area contributed by atoms with E-state index in [0.29, 0.717) is 30.9 Å². The quantitative estimate of drug-likeness (QED) is 0.403. The average molecular weight is 373 g/mol. The van der Waals surface area contributed by atoms with Gasteiger partial charge in [0.15, 0.2) is 0 Å². The number of ether oxygens (including phenoxy) is 2. The third-order valence-corrected chi connectivity index (χ3v) is 4.50. The fraction of sp³-hybridized carbons (Fsp3) is 0.778. The molecule has 2 N–H and O–H groups in total. The lowest BCUT2D eigenvalue weighted by Crippen LogP contribution is -2.58. The molecular formula is C18H32N2O4S. The maximum atomic E-state index is 12.2. The maximum absolute atomic E-state index is 12.2. The van der Waals surface area contributed by atoms with Crippen LogP contribution in [-0.2, 0) is 19.1 Å². The van der Waals surface area contributed by atoms with E-state index in [1.165, 1.54) is 6.92 Å². The zero-order valence-electron chi connectivity index (χ0n) is 15.7. The van der Waals surface area contributed by atoms with Crippen LogP contribution in [0, 0.1) is 0 Å². The molecule has 0 aromatic rings. The van der Waals surface area contributed by atoms with E-state index in [1.807, 2.05) is 6.08 Å². The Labute approximate surface area is 156 Å². The van der Waals surface area contributed by atoms with Crippen LogP contribution in [-0.4, -0.2) is 55.1 Å². The number of thiol groups is 1. The molecule has 0 saturated carbocycles. The lowest BCUT2D eigenvalue weighted by molar-refractivity contribution is -0.139. The molecule has 0 aromatic heterocycles. The van der Waals surface area contributed by atoms with E-state index in [1.54, 1.807) is 6.92 Å². The standard InChI is InChI=1S/C18H32N2O4S/c1-5-14(6-2)24-16-11-13(18(22)23-7-3)10-15(19-8-9-25)17(16)20-12(4)21/h11,14-17,19,25H,5-10H2,1-4H3,(H,20,21)/t15-,16+,17+/m0/s1. The normalized spacial score (nSPS) is 23.3. The zero-order valence-corrected chi connectivity index (χ0v) is 16.6. The fourth-order valence-corrected chi connectivity index (χ4v) is 3.16. The highest BCUT2D eigenvalue weighted by molar-refractivity contribution is 7.80. The Kier molecular flexibility index (Phi) is 10.2. The monoisotopic (exact) mass is 372 g/mol. The van der Waals surface area contributed by atoms with Crippen LogP contribution >= 0.6 is 12.6 Å². The van der Waals surface area contributed by atoms with Crippen molar-refractivity contribution in [3.63, 3.8) is 0 Å². The van der Waals surface area contributed by atoms with Gasteiger partial charge >= 0.3 is 5.97 Å². The van der Waals surface area contributed by atoms with Gasteiger partial charge in [-0.3, -0.25) is 4.79 Å². The van der Waals surface area contributed by atoms with E-state index < -0.39 is 0 Å². The van der Waals surface area contributed by atoms with Crippen LogP contribution in [0.4, 0.5) is 0 Å². The molecule has 7 heteroatoms. The van der Waals surface area contributed by atoms with Gasteiger partial charge in [-0.25, -0.2) is 4.79 Å². The minimum atomic E-state index is -0.376. The van der Waals surface area contributed by atoms with Crippen LogP contribution in [0.1, 0.15) is 47.0 Å². The van der Waals surface area contributed by atoms with Gasteiger partial charge in [0.1, 0.15) is 0 Å². The van der Waals surface area contributed by atoms with Crippen LogP contribution in [0.2, 0.25) is 0 Å². The van der Waals surface area contributed by atoms with Gasteiger partial charge in [-0.2, -0.15) is 12.6 Å². The van der Waals surface area contributed by atoms with Gasteiger partial charge in [0.2, 0.25) is 5.91 Å². The van der Waals surface area contributed by atoms with Gasteiger partial charge in [0.05, 0.1) is 24.9 Å². The predicted octanol–water partition coefficient (Wildman–Crippen LogP) is 1.85. The Morgan fingerprint density at radius 2 is 2.00 bits per heavy atom. The first-order valence-electron chi connectivity index (χ1n) is 9.11. The van der Waals surface area contributed by atoms with E-state index >= 15 is 0 Å². The van der Waals surface area contributed by atoms with Crippen molar-refractivity contribution in [3.05, 3.63) is 11.6 Å². The van der Waals surface area contributed by atoms with E-state index in [2.05, 4.69) is 37.1 Å². The molecule has 144 valence electrons. The molecule has 0 fully saturated rings. The number of carbonyl (C=O) groups is 2. The summed E-state index contributed by atoms with van der Waals surface area (Å²) in [6.07, 6.45) is 3.74. The number of nitrogens with one attached hydrogen (secondary N) is 2. The second kappa shape index (κ2) is 11.5. The van der Waals surface area contributed by atoms with Crippen LogP contribution in [0.25, 0.3) is 0 Å². The van der Waals surface area contributed by atoms with E-state index in [4.69, 9.17) is 9.47 Å². The van der Waals surface area contributed by atoms with E-state index in [0.717, 1.165) is 12.8 Å². The first-order chi connectivity index (χ1) is 12.0. The molecule has 0 heterocycles. The van der Waals surface area contributed by atoms with Crippen molar-refractivity contribution in [1.82, 2.24) is 10.6 Å². The fourth-order valence-electron chi connectivity index (χ4n) is 3.03. The smallest absolute Gasteiger partial charge is 0.333 e. The molecule has 1 aliphatic rings. The maximum Gasteiger partial charge on any atom is 0.333 e. The van der Waals surface area contributed by atoms with E-state index in [9.17, 15) is 9.59 Å². The summed E-state index contributed by atoms with van der Waals surface area (Å²) >= 11 is 4.24. The molecule has 0 aliphatic heterocycles. The lowest BCUT2D eigenvalue weighted by Gasteiger charge is -2.38. The molecule has 1 aliphatic carbocycles. The van der Waals surface area contributed by atoms with Gasteiger partial charge < -0.3 is 20.1 Å². The summed E-state index contributed by atoms with van der Waals surface area (Å²) in [7, 11) is 0. The van der Waals surface area contributed by atoms with Crippen molar-refractivity contribution in [2.75, 3.05) is 18.9 Å². The zero-order chi connectivity index (χ0) is 18.8. The molecular weight excluding hydrogens is 340 g/mol. The van der Waals surface area contributed by atoms with Crippen molar-refractivity contribution in [1.29, 1.82) is 0 Å². The van der Waals surface area contributed by atoms with Crippen LogP contribution < -0.4 is 10.6 Å². The molecule has 1 amide bonds. The second-order valence-corrected chi connectivity index (χ2v) is 6.61. The number of hydrogen-bond donors (Lipinski definition) is 3. The lowest BCUT2D eigenvalue weighted by atomic mass is 9.87. The molecule has 3 atom stereocenters. The number of esters is 1. The largest absolute Gasteiger partial charge is 0.463 e. The molecule has 0 bridgehead atoms. The van der Waals surface area contributed by atoms with Crippen molar-refractivity contribution in [2.24, 2.45) is 0 Å². The van der Waals surface area contributed by atoms with E-state index in [-0.39, 0.29) is 36.2 Å². The summed E-state index contributed by atoms with van der Waals surface area (Å²) in [5.74, 6) is 0.230. The Bertz CT molecular complexity index is 466. The first-order valence-corrected chi connectivity index (χ1v) is 9.74. The van der Waals surface area contributed by atoms with Crippen molar-refractivity contribution in [3.8, 4) is 0 Å². The van der Waals surface area contributed by atoms with Gasteiger partial charge in [0.25, 0.3) is 0 Å². The van der Waals surface area contributed by atoms with Crippen molar-refractivity contribution in [2.45, 2.75) is 71.2 Å². The summed E-state index contributed by atoms with van der Waals surface area (Å²) in [6.45, 7) is 8.43. The Balaban J connectivity index is 3.10. The minimum absolute atomic E-state index is 0.0737. The average Bonchev–Trinajstić information content (AvgIpc) is 2.59. The molecule has 0 unspecified atom stereocenters. The number of carbonyl (C=O) groups excluding carboxylic acids is 2. The second-order valence-electron chi connectivity index (χ2n) is 6.17. The van der Waals surface area contributed by atoms with Crippen LogP contribution in [0.15, 0.2) is 11.6 Å². The van der Waals surface area contributed by atoms with Gasteiger partial charge in [0, 0.05) is 30.8 Å². The molecule has 0 aromatic carbocycles. The first kappa shape index (κ1) is 22.0. The summed E-state index contributed by atoms with van der Waals surface area (Å²) < 4.78 is 11.4. The topological polar surface area (TPSA) is 76.7 Å². The molecule has 25 heavy (non-hydrogen) atoms. The summed E-state index contributed by atoms with van der Waals surface area (Å²) in [6, 6.07) is -0.351. The highest BCUT2D eigenvalue weighted by Gasteiger charge is 2.37. The van der Waals surface area contributed by atoms with Gasteiger partial charge in [-0.15, -0.1) is 0 Å². The Morgan fingerprint density at radius 3 is 2.52 bits per heavy atom. The van der Waals surface area contributed by atoms with Gasteiger partial charge in [-0.1, -0.05) is 13.8 Å². The minimum Gasteiger partial charge on any atom is -0.463 e. The third kappa shape index (κ3) is 6.99. The van der Waals surface area contributed by atoms with Crippen molar-refractivity contribution < 1.29 is 19.1 Å². The molecule has 1 rings (SSSR count). The third-order valence-electron chi connectivity index (χ3n) is 4.28. The highest BCUT2D eigenvalue weighted by atomic mass is 32.1. The number of hydrogen-bond acceptors (Lipinski definition) is 6. The highest BCUT2D eigenvalue weighted by Crippen LogP contribution is 2.25.